The van der Waals surface area contributed by atoms with Gasteiger partial charge in [-0.2, -0.15) is 4.98 Å². The zero-order chi connectivity index (χ0) is 14.1. The Kier molecular flexibility index (Phi) is 3.93. The van der Waals surface area contributed by atoms with E-state index >= 15 is 0 Å². The van der Waals surface area contributed by atoms with E-state index in [0.717, 1.165) is 40.3 Å². The van der Waals surface area contributed by atoms with Crippen LogP contribution in [0.3, 0.4) is 0 Å². The number of nitrogens with one attached hydrogen (secondary N) is 1. The molecule has 0 aliphatic carbocycles. The van der Waals surface area contributed by atoms with Crippen LogP contribution in [0.25, 0.3) is 11.4 Å². The lowest BCUT2D eigenvalue weighted by Crippen LogP contribution is -2.50. The monoisotopic (exact) mass is 383 g/mol. The van der Waals surface area contributed by atoms with Gasteiger partial charge in [0.05, 0.1) is 0 Å². The summed E-state index contributed by atoms with van der Waals surface area (Å²) >= 11 is 2.31. The molecule has 2 unspecified atom stereocenters. The van der Waals surface area contributed by atoms with Gasteiger partial charge in [0.15, 0.2) is 5.82 Å². The Bertz CT molecular complexity index is 597. The smallest absolute Gasteiger partial charge is 0.245 e. The molecule has 1 aromatic carbocycles. The number of H-pyrrole nitrogens is 1. The zero-order valence-electron chi connectivity index (χ0n) is 11.4. The summed E-state index contributed by atoms with van der Waals surface area (Å²) in [6, 6.07) is 8.63. The number of hydrogen-bond acceptors (Lipinski definition) is 4. The summed E-state index contributed by atoms with van der Waals surface area (Å²) in [7, 11) is 0. The van der Waals surface area contributed by atoms with Crippen LogP contribution in [0, 0.1) is 3.57 Å². The molecular weight excluding hydrogens is 365 g/mol. The maximum absolute atomic E-state index is 6.14. The quantitative estimate of drug-likeness (QED) is 0.782. The van der Waals surface area contributed by atoms with Crippen molar-refractivity contribution in [3.8, 4) is 11.4 Å². The topological polar surface area (TPSA) is 70.8 Å². The summed E-state index contributed by atoms with van der Waals surface area (Å²) in [5, 5.41) is 7.42. The van der Waals surface area contributed by atoms with E-state index in [0.29, 0.717) is 0 Å². The molecule has 20 heavy (non-hydrogen) atoms. The van der Waals surface area contributed by atoms with Crippen molar-refractivity contribution in [3.63, 3.8) is 0 Å². The van der Waals surface area contributed by atoms with Crippen LogP contribution >= 0.6 is 22.6 Å². The standard InChI is InChI=1S/C14H18IN5/c1-9-12(16)7-4-8-20(9)14-17-13(18-19-14)10-5-2-3-6-11(10)15/h2-3,5-6,9,12H,4,7-8,16H2,1H3,(H,17,18,19). The number of aromatic amines is 1. The molecule has 2 aromatic rings. The molecule has 1 aliphatic rings. The van der Waals surface area contributed by atoms with Crippen molar-refractivity contribution in [1.82, 2.24) is 15.2 Å². The van der Waals surface area contributed by atoms with Gasteiger partial charge in [0.25, 0.3) is 0 Å². The lowest BCUT2D eigenvalue weighted by atomic mass is 9.99. The van der Waals surface area contributed by atoms with E-state index in [2.05, 4.69) is 61.7 Å². The zero-order valence-corrected chi connectivity index (χ0v) is 13.5. The largest absolute Gasteiger partial charge is 0.335 e. The summed E-state index contributed by atoms with van der Waals surface area (Å²) < 4.78 is 1.16. The van der Waals surface area contributed by atoms with Crippen LogP contribution in [-0.4, -0.2) is 33.8 Å². The molecule has 2 heterocycles. The molecule has 106 valence electrons. The van der Waals surface area contributed by atoms with Gasteiger partial charge in [0.1, 0.15) is 0 Å². The lowest BCUT2D eigenvalue weighted by Gasteiger charge is -2.36. The third-order valence-corrected chi connectivity index (χ3v) is 4.85. The van der Waals surface area contributed by atoms with Gasteiger partial charge in [-0.15, -0.1) is 5.10 Å². The predicted octanol–water partition coefficient (Wildman–Crippen LogP) is 2.39. The Hall–Kier alpha value is -1.15. The van der Waals surface area contributed by atoms with Crippen molar-refractivity contribution in [2.24, 2.45) is 5.73 Å². The van der Waals surface area contributed by atoms with Crippen molar-refractivity contribution in [2.75, 3.05) is 11.4 Å². The van der Waals surface area contributed by atoms with Crippen LogP contribution in [0.2, 0.25) is 0 Å². The fourth-order valence-electron chi connectivity index (χ4n) is 2.61. The minimum Gasteiger partial charge on any atom is -0.335 e. The summed E-state index contributed by atoms with van der Waals surface area (Å²) in [6.45, 7) is 3.12. The second kappa shape index (κ2) is 5.69. The number of hydrogen-bond donors (Lipinski definition) is 2. The highest BCUT2D eigenvalue weighted by atomic mass is 127. The molecule has 1 aliphatic heterocycles. The number of nitrogens with two attached hydrogens (primary N) is 1. The van der Waals surface area contributed by atoms with Gasteiger partial charge in [-0.25, -0.2) is 0 Å². The van der Waals surface area contributed by atoms with E-state index in [1.54, 1.807) is 0 Å². The number of rotatable bonds is 2. The molecular formula is C14H18IN5. The van der Waals surface area contributed by atoms with E-state index in [1.807, 2.05) is 12.1 Å². The molecule has 0 bridgehead atoms. The first kappa shape index (κ1) is 13.8. The predicted molar refractivity (Wildman–Crippen MR) is 88.6 cm³/mol. The van der Waals surface area contributed by atoms with Crippen LogP contribution in [0.1, 0.15) is 19.8 Å². The van der Waals surface area contributed by atoms with Gasteiger partial charge in [0, 0.05) is 27.8 Å². The van der Waals surface area contributed by atoms with Gasteiger partial charge >= 0.3 is 0 Å². The van der Waals surface area contributed by atoms with Crippen LogP contribution in [-0.2, 0) is 0 Å². The Morgan fingerprint density at radius 3 is 3.00 bits per heavy atom. The van der Waals surface area contributed by atoms with Gasteiger partial charge in [-0.3, -0.25) is 5.10 Å². The first-order valence-corrected chi connectivity index (χ1v) is 7.94. The highest BCUT2D eigenvalue weighted by Gasteiger charge is 2.27. The maximum atomic E-state index is 6.14. The van der Waals surface area contributed by atoms with Crippen molar-refractivity contribution >= 4 is 28.5 Å². The number of anilines is 1. The van der Waals surface area contributed by atoms with Crippen LogP contribution in [0.5, 0.6) is 0 Å². The normalized spacial score (nSPS) is 23.1. The molecule has 0 spiro atoms. The molecule has 1 aromatic heterocycles. The Morgan fingerprint density at radius 2 is 2.20 bits per heavy atom. The van der Waals surface area contributed by atoms with Crippen LogP contribution in [0.4, 0.5) is 5.95 Å². The Labute approximate surface area is 132 Å². The molecule has 2 atom stereocenters. The molecule has 3 rings (SSSR count). The average molecular weight is 383 g/mol. The molecule has 0 radical (unpaired) electrons. The summed E-state index contributed by atoms with van der Waals surface area (Å²) in [6.07, 6.45) is 2.17. The fraction of sp³-hybridized carbons (Fsp3) is 0.429. The third kappa shape index (κ3) is 2.54. The molecule has 1 fully saturated rings. The fourth-order valence-corrected chi connectivity index (χ4v) is 3.25. The van der Waals surface area contributed by atoms with Crippen molar-refractivity contribution in [3.05, 3.63) is 27.8 Å². The van der Waals surface area contributed by atoms with E-state index in [1.165, 1.54) is 0 Å². The lowest BCUT2D eigenvalue weighted by molar-refractivity contribution is 0.416. The van der Waals surface area contributed by atoms with Crippen molar-refractivity contribution in [2.45, 2.75) is 31.8 Å². The van der Waals surface area contributed by atoms with E-state index < -0.39 is 0 Å². The SMILES string of the molecule is CC1C(N)CCCN1c1n[nH]c(-c2ccccc2I)n1. The van der Waals surface area contributed by atoms with Crippen LogP contribution < -0.4 is 10.6 Å². The van der Waals surface area contributed by atoms with Gasteiger partial charge in [-0.05, 0) is 48.4 Å². The second-order valence-corrected chi connectivity index (χ2v) is 6.37. The van der Waals surface area contributed by atoms with Gasteiger partial charge in [-0.1, -0.05) is 18.2 Å². The van der Waals surface area contributed by atoms with E-state index in [-0.39, 0.29) is 12.1 Å². The van der Waals surface area contributed by atoms with Crippen molar-refractivity contribution in [1.29, 1.82) is 0 Å². The van der Waals surface area contributed by atoms with Gasteiger partial charge in [0.2, 0.25) is 5.95 Å². The minimum absolute atomic E-state index is 0.197. The number of benzene rings is 1. The molecule has 0 saturated carbocycles. The molecule has 3 N–H and O–H groups in total. The summed E-state index contributed by atoms with van der Waals surface area (Å²) in [5.74, 6) is 1.57. The van der Waals surface area contributed by atoms with Gasteiger partial charge < -0.3 is 10.6 Å². The highest BCUT2D eigenvalue weighted by molar-refractivity contribution is 14.1. The number of aromatic nitrogens is 3. The minimum atomic E-state index is 0.197. The molecule has 6 heteroatoms. The van der Waals surface area contributed by atoms with E-state index in [9.17, 15) is 0 Å². The molecule has 5 nitrogen and oxygen atoms in total. The summed E-state index contributed by atoms with van der Waals surface area (Å²) in [4.78, 5) is 6.85. The highest BCUT2D eigenvalue weighted by Crippen LogP contribution is 2.25. The average Bonchev–Trinajstić information content (AvgIpc) is 2.92. The van der Waals surface area contributed by atoms with Crippen molar-refractivity contribution < 1.29 is 0 Å². The third-order valence-electron chi connectivity index (χ3n) is 3.91. The molecule has 0 amide bonds. The first-order valence-electron chi connectivity index (χ1n) is 6.86. The number of nitrogens with zero attached hydrogens (tertiary/aromatic N) is 3. The first-order chi connectivity index (χ1) is 9.66. The number of piperidine rings is 1. The maximum Gasteiger partial charge on any atom is 0.245 e. The van der Waals surface area contributed by atoms with Crippen LogP contribution in [0.15, 0.2) is 24.3 Å². The second-order valence-electron chi connectivity index (χ2n) is 5.20. The molecule has 1 saturated heterocycles. The van der Waals surface area contributed by atoms with E-state index in [4.69, 9.17) is 5.73 Å². The Morgan fingerprint density at radius 1 is 1.40 bits per heavy atom. The number of halogens is 1. The Balaban J connectivity index is 1.89. The summed E-state index contributed by atoms with van der Waals surface area (Å²) in [5.41, 5.74) is 7.22.